The van der Waals surface area contributed by atoms with Crippen LogP contribution in [0.4, 0.5) is 0 Å². The second-order valence-corrected chi connectivity index (χ2v) is 17.1. The summed E-state index contributed by atoms with van der Waals surface area (Å²) in [7, 11) is 0. The van der Waals surface area contributed by atoms with Crippen LogP contribution < -0.4 is 22.1 Å². The topological polar surface area (TPSA) is 273 Å². The van der Waals surface area contributed by atoms with Gasteiger partial charge in [0.1, 0.15) is 24.2 Å². The molecular formula is C50H96N4O13. The zero-order valence-electron chi connectivity index (χ0n) is 42.5. The van der Waals surface area contributed by atoms with Crippen LogP contribution in [-0.4, -0.2) is 129 Å². The van der Waals surface area contributed by atoms with E-state index in [-0.39, 0.29) is 61.3 Å². The van der Waals surface area contributed by atoms with Crippen LogP contribution in [0.25, 0.3) is 0 Å². The number of carbonyl (C=O) groups excluding carboxylic acids is 6. The maximum Gasteiger partial charge on any atom is 0.326 e. The highest BCUT2D eigenvalue weighted by Crippen LogP contribution is 2.14. The second kappa shape index (κ2) is 52.0. The Kier molecular flexibility index (Phi) is 52.7. The SMILES string of the molecule is CC(=O)NCCOCCOCC(=O)CCCCC[C@H](N)C(C)=O.CCCCCCCCCCCCCCCCCC(=O)NC(CCC(=O)CCCOCCOCC)C(=O)O.C[C@@H](CO)C(N)=O. The minimum atomic E-state index is -1.09. The number of ketones is 3. The number of aliphatic carboxylic acids is 1. The molecule has 0 aliphatic carbocycles. The van der Waals surface area contributed by atoms with Gasteiger partial charge in [0.05, 0.1) is 51.6 Å². The molecule has 394 valence electrons. The number of carbonyl (C=O) groups is 7. The number of aliphatic hydroxyl groups excluding tert-OH is 1. The molecule has 0 rings (SSSR count). The van der Waals surface area contributed by atoms with E-state index in [0.29, 0.717) is 84.9 Å². The van der Waals surface area contributed by atoms with Crippen molar-refractivity contribution in [1.82, 2.24) is 10.6 Å². The molecule has 0 spiro atoms. The Hall–Kier alpha value is -3.35. The average molecular weight is 961 g/mol. The van der Waals surface area contributed by atoms with Gasteiger partial charge in [0.25, 0.3) is 0 Å². The zero-order valence-corrected chi connectivity index (χ0v) is 42.5. The van der Waals surface area contributed by atoms with E-state index in [1.807, 2.05) is 6.92 Å². The van der Waals surface area contributed by atoms with Gasteiger partial charge in [0.2, 0.25) is 17.7 Å². The van der Waals surface area contributed by atoms with Crippen LogP contribution in [0.1, 0.15) is 195 Å². The molecule has 0 aromatic rings. The van der Waals surface area contributed by atoms with Crippen molar-refractivity contribution in [3.05, 3.63) is 0 Å². The molecule has 0 aromatic heterocycles. The fourth-order valence-corrected chi connectivity index (χ4v) is 6.28. The maximum absolute atomic E-state index is 12.2. The van der Waals surface area contributed by atoms with Gasteiger partial charge in [0.15, 0.2) is 5.78 Å². The van der Waals surface area contributed by atoms with Crippen LogP contribution in [0.5, 0.6) is 0 Å². The maximum atomic E-state index is 12.2. The van der Waals surface area contributed by atoms with Crippen LogP contribution in [0.15, 0.2) is 0 Å². The summed E-state index contributed by atoms with van der Waals surface area (Å²) in [5.74, 6) is -2.19. The summed E-state index contributed by atoms with van der Waals surface area (Å²) in [6.07, 6.45) is 24.3. The lowest BCUT2D eigenvalue weighted by atomic mass is 10.0. The van der Waals surface area contributed by atoms with Gasteiger partial charge in [-0.3, -0.25) is 28.8 Å². The average Bonchev–Trinajstić information content (AvgIpc) is 3.29. The molecule has 0 aromatic carbocycles. The largest absolute Gasteiger partial charge is 0.480 e. The number of primary amides is 1. The molecule has 0 bridgehead atoms. The predicted octanol–water partition coefficient (Wildman–Crippen LogP) is 6.69. The van der Waals surface area contributed by atoms with Gasteiger partial charge < -0.3 is 51.3 Å². The first-order chi connectivity index (χ1) is 32.1. The minimum Gasteiger partial charge on any atom is -0.480 e. The monoisotopic (exact) mass is 961 g/mol. The van der Waals surface area contributed by atoms with Crippen molar-refractivity contribution in [3.63, 3.8) is 0 Å². The molecule has 0 heterocycles. The molecule has 0 radical (unpaired) electrons. The molecule has 67 heavy (non-hydrogen) atoms. The Labute approximate surface area is 404 Å². The molecule has 0 aliphatic rings. The van der Waals surface area contributed by atoms with Crippen LogP contribution >= 0.6 is 0 Å². The molecule has 0 saturated heterocycles. The fourth-order valence-electron chi connectivity index (χ4n) is 6.28. The molecule has 3 amide bonds. The summed E-state index contributed by atoms with van der Waals surface area (Å²) in [4.78, 5) is 78.8. The summed E-state index contributed by atoms with van der Waals surface area (Å²) in [6, 6.07) is -1.38. The van der Waals surface area contributed by atoms with E-state index >= 15 is 0 Å². The first-order valence-corrected chi connectivity index (χ1v) is 25.4. The summed E-state index contributed by atoms with van der Waals surface area (Å²) in [5.41, 5.74) is 10.4. The lowest BCUT2D eigenvalue weighted by Gasteiger charge is -2.14. The van der Waals surface area contributed by atoms with Crippen LogP contribution in [-0.2, 0) is 52.5 Å². The van der Waals surface area contributed by atoms with Crippen molar-refractivity contribution < 1.29 is 62.7 Å². The number of unbranched alkanes of at least 4 members (excludes halogenated alkanes) is 16. The number of hydrogen-bond donors (Lipinski definition) is 6. The van der Waals surface area contributed by atoms with Gasteiger partial charge in [-0.1, -0.05) is 117 Å². The van der Waals surface area contributed by atoms with Crippen molar-refractivity contribution in [1.29, 1.82) is 0 Å². The number of nitrogens with two attached hydrogens (primary N) is 2. The lowest BCUT2D eigenvalue weighted by molar-refractivity contribution is -0.142. The minimum absolute atomic E-state index is 0.00341. The first kappa shape index (κ1) is 67.9. The van der Waals surface area contributed by atoms with Gasteiger partial charge in [-0.25, -0.2) is 4.79 Å². The van der Waals surface area contributed by atoms with E-state index in [4.69, 9.17) is 35.5 Å². The number of carboxylic acids is 1. The highest BCUT2D eigenvalue weighted by Gasteiger charge is 2.21. The Balaban J connectivity index is -0.00000115. The molecule has 3 atom stereocenters. The van der Waals surface area contributed by atoms with Gasteiger partial charge >= 0.3 is 5.97 Å². The quantitative estimate of drug-likeness (QED) is 0.0347. The van der Waals surface area contributed by atoms with Crippen molar-refractivity contribution >= 4 is 41.0 Å². The number of ether oxygens (including phenoxy) is 4. The molecule has 17 nitrogen and oxygen atoms in total. The third-order valence-electron chi connectivity index (χ3n) is 10.7. The smallest absolute Gasteiger partial charge is 0.326 e. The lowest BCUT2D eigenvalue weighted by Crippen LogP contribution is -2.41. The molecule has 1 unspecified atom stereocenters. The van der Waals surface area contributed by atoms with Crippen molar-refractivity contribution in [3.8, 4) is 0 Å². The molecule has 17 heteroatoms. The van der Waals surface area contributed by atoms with Gasteiger partial charge in [-0.05, 0) is 46.0 Å². The van der Waals surface area contributed by atoms with Crippen LogP contribution in [0.2, 0.25) is 0 Å². The van der Waals surface area contributed by atoms with Gasteiger partial charge in [0, 0.05) is 52.4 Å². The number of hydrogen-bond acceptors (Lipinski definition) is 13. The highest BCUT2D eigenvalue weighted by atomic mass is 16.5. The van der Waals surface area contributed by atoms with Crippen LogP contribution in [0.3, 0.4) is 0 Å². The highest BCUT2D eigenvalue weighted by molar-refractivity contribution is 5.85. The van der Waals surface area contributed by atoms with E-state index < -0.39 is 23.8 Å². The standard InChI is InChI=1S/C30H57NO6.C16H30N2O5.C4H9NO2/c1-3-5-6-7-8-9-10-11-12-13-14-15-16-17-18-21-29(33)31-28(30(34)35)23-22-27(32)20-19-24-37-26-25-36-4-2;1-13(19)16(17)7-5-3-4-6-15(21)12-23-11-10-22-9-8-18-14(2)20;1-3(2-6)4(5)7/h28H,3-26H2,1-2H3,(H,31,33)(H,34,35);16H,3-12,17H2,1-2H3,(H,18,20);3,6H,2H2,1H3,(H2,5,7)/t;16-;3-/m.00/s1. The molecule has 0 saturated carbocycles. The molecule has 0 fully saturated rings. The van der Waals surface area contributed by atoms with E-state index in [9.17, 15) is 38.7 Å². The molecular weight excluding hydrogens is 865 g/mol. The molecule has 8 N–H and O–H groups in total. The van der Waals surface area contributed by atoms with E-state index in [2.05, 4.69) is 17.6 Å². The number of aliphatic hydroxyl groups is 1. The Morgan fingerprint density at radius 2 is 1.06 bits per heavy atom. The number of rotatable bonds is 46. The van der Waals surface area contributed by atoms with Gasteiger partial charge in [-0.2, -0.15) is 0 Å². The number of carboxylic acid groups (broad SMARTS) is 1. The number of nitrogens with one attached hydrogen (secondary N) is 2. The third kappa shape index (κ3) is 55.1. The van der Waals surface area contributed by atoms with E-state index in [0.717, 1.165) is 38.5 Å². The summed E-state index contributed by atoms with van der Waals surface area (Å²) >= 11 is 0. The van der Waals surface area contributed by atoms with E-state index in [1.54, 1.807) is 6.92 Å². The summed E-state index contributed by atoms with van der Waals surface area (Å²) < 4.78 is 21.0. The first-order valence-electron chi connectivity index (χ1n) is 25.4. The Morgan fingerprint density at radius 1 is 0.567 bits per heavy atom. The summed E-state index contributed by atoms with van der Waals surface area (Å²) in [6.45, 7) is 12.5. The fraction of sp³-hybridized carbons (Fsp3) is 0.860. The normalized spacial score (nSPS) is 12.1. The second-order valence-electron chi connectivity index (χ2n) is 17.1. The van der Waals surface area contributed by atoms with Crippen molar-refractivity contribution in [2.24, 2.45) is 17.4 Å². The van der Waals surface area contributed by atoms with Gasteiger partial charge in [-0.15, -0.1) is 0 Å². The zero-order chi connectivity index (χ0) is 50.8. The summed E-state index contributed by atoms with van der Waals surface area (Å²) in [5, 5.41) is 22.8. The third-order valence-corrected chi connectivity index (χ3v) is 10.7. The number of amides is 3. The predicted molar refractivity (Wildman–Crippen MR) is 262 cm³/mol. The van der Waals surface area contributed by atoms with E-state index in [1.165, 1.54) is 90.9 Å². The Bertz CT molecular complexity index is 1240. The van der Waals surface area contributed by atoms with Crippen molar-refractivity contribution in [2.75, 3.05) is 66.0 Å². The number of Topliss-reactive ketones (excluding diaryl/α,β-unsaturated/α-hetero) is 3. The Morgan fingerprint density at radius 3 is 1.55 bits per heavy atom. The molecule has 0 aliphatic heterocycles. The van der Waals surface area contributed by atoms with Crippen LogP contribution in [0, 0.1) is 5.92 Å². The van der Waals surface area contributed by atoms with Crippen molar-refractivity contribution in [2.45, 2.75) is 207 Å².